The Labute approximate surface area is 75.2 Å². The predicted octanol–water partition coefficient (Wildman–Crippen LogP) is 0.291. The van der Waals surface area contributed by atoms with Crippen molar-refractivity contribution in [3.05, 3.63) is 22.2 Å². The molecule has 70 valence electrons. The summed E-state index contributed by atoms with van der Waals surface area (Å²) in [5.74, 6) is 0.228. The molecule has 13 heavy (non-hydrogen) atoms. The van der Waals surface area contributed by atoms with E-state index in [0.717, 1.165) is 5.56 Å². The van der Waals surface area contributed by atoms with Crippen LogP contribution in [-0.2, 0) is 11.2 Å². The lowest BCUT2D eigenvalue weighted by Crippen LogP contribution is -2.17. The Hall–Kier alpha value is -1.65. The van der Waals surface area contributed by atoms with Crippen LogP contribution in [-0.4, -0.2) is 15.9 Å². The molecule has 0 aliphatic heterocycles. The lowest BCUT2D eigenvalue weighted by molar-refractivity contribution is -0.114. The first-order valence-corrected chi connectivity index (χ1v) is 3.99. The van der Waals surface area contributed by atoms with Crippen LogP contribution in [0.15, 0.2) is 11.0 Å². The molecule has 1 rings (SSSR count). The van der Waals surface area contributed by atoms with E-state index in [0.29, 0.717) is 12.2 Å². The summed E-state index contributed by atoms with van der Waals surface area (Å²) in [5.41, 5.74) is 0.357. The first-order valence-electron chi connectivity index (χ1n) is 3.99. The third-order valence-electron chi connectivity index (χ3n) is 1.57. The summed E-state index contributed by atoms with van der Waals surface area (Å²) in [7, 11) is 0. The van der Waals surface area contributed by atoms with Crippen molar-refractivity contribution < 1.29 is 4.79 Å². The molecule has 1 amide bonds. The number of amides is 1. The number of aromatic amines is 1. The lowest BCUT2D eigenvalue weighted by atomic mass is 10.2. The third-order valence-corrected chi connectivity index (χ3v) is 1.57. The second kappa shape index (κ2) is 3.84. The van der Waals surface area contributed by atoms with Gasteiger partial charge in [0.1, 0.15) is 5.82 Å². The Morgan fingerprint density at radius 1 is 1.69 bits per heavy atom. The molecule has 1 heterocycles. The molecule has 2 N–H and O–H groups in total. The van der Waals surface area contributed by atoms with Gasteiger partial charge in [0.15, 0.2) is 0 Å². The van der Waals surface area contributed by atoms with Crippen LogP contribution in [0.4, 0.5) is 5.82 Å². The molecule has 1 aromatic rings. The summed E-state index contributed by atoms with van der Waals surface area (Å²) >= 11 is 0. The van der Waals surface area contributed by atoms with Gasteiger partial charge in [-0.3, -0.25) is 9.78 Å². The number of hydrogen-bond acceptors (Lipinski definition) is 3. The Morgan fingerprint density at radius 3 is 2.92 bits per heavy atom. The van der Waals surface area contributed by atoms with Gasteiger partial charge >= 0.3 is 5.69 Å². The maximum Gasteiger partial charge on any atom is 0.346 e. The summed E-state index contributed by atoms with van der Waals surface area (Å²) < 4.78 is 0. The number of anilines is 1. The van der Waals surface area contributed by atoms with Gasteiger partial charge in [0.2, 0.25) is 5.91 Å². The average Bonchev–Trinajstić information content (AvgIpc) is 2.03. The highest BCUT2D eigenvalue weighted by atomic mass is 16.2. The van der Waals surface area contributed by atoms with Crippen LogP contribution in [0.3, 0.4) is 0 Å². The van der Waals surface area contributed by atoms with Gasteiger partial charge in [0, 0.05) is 18.7 Å². The standard InChI is InChI=1S/C8H11N3O2/c1-3-6-4-9-8(13)11-7(6)10-5(2)12/h4H,3H2,1-2H3,(H2,9,10,11,12,13). The van der Waals surface area contributed by atoms with E-state index < -0.39 is 5.69 Å². The first kappa shape index (κ1) is 9.44. The van der Waals surface area contributed by atoms with Gasteiger partial charge in [0.25, 0.3) is 0 Å². The normalized spacial score (nSPS) is 9.69. The van der Waals surface area contributed by atoms with Gasteiger partial charge in [-0.15, -0.1) is 0 Å². The molecule has 0 aromatic carbocycles. The molecule has 0 aliphatic carbocycles. The molecule has 0 unspecified atom stereocenters. The monoisotopic (exact) mass is 181 g/mol. The van der Waals surface area contributed by atoms with Gasteiger partial charge < -0.3 is 5.32 Å². The van der Waals surface area contributed by atoms with Crippen molar-refractivity contribution in [1.82, 2.24) is 9.97 Å². The fourth-order valence-electron chi connectivity index (χ4n) is 0.976. The zero-order valence-corrected chi connectivity index (χ0v) is 7.55. The van der Waals surface area contributed by atoms with Crippen molar-refractivity contribution in [2.45, 2.75) is 20.3 Å². The SMILES string of the molecule is CCc1cnc(=O)[nH]c1NC(C)=O. The fourth-order valence-corrected chi connectivity index (χ4v) is 0.976. The van der Waals surface area contributed by atoms with Crippen LogP contribution >= 0.6 is 0 Å². The molecular weight excluding hydrogens is 170 g/mol. The van der Waals surface area contributed by atoms with Crippen molar-refractivity contribution in [2.24, 2.45) is 0 Å². The number of H-pyrrole nitrogens is 1. The summed E-state index contributed by atoms with van der Waals surface area (Å²) in [4.78, 5) is 27.6. The van der Waals surface area contributed by atoms with E-state index in [1.807, 2.05) is 6.92 Å². The number of aryl methyl sites for hydroxylation is 1. The molecule has 5 nitrogen and oxygen atoms in total. The minimum absolute atomic E-state index is 0.212. The Morgan fingerprint density at radius 2 is 2.38 bits per heavy atom. The topological polar surface area (TPSA) is 74.8 Å². The summed E-state index contributed by atoms with van der Waals surface area (Å²) in [6.07, 6.45) is 2.17. The average molecular weight is 181 g/mol. The third kappa shape index (κ3) is 2.40. The van der Waals surface area contributed by atoms with Crippen LogP contribution in [0.5, 0.6) is 0 Å². The van der Waals surface area contributed by atoms with E-state index in [1.165, 1.54) is 13.1 Å². The van der Waals surface area contributed by atoms with Crippen LogP contribution in [0, 0.1) is 0 Å². The van der Waals surface area contributed by atoms with E-state index in [9.17, 15) is 9.59 Å². The number of hydrogen-bond donors (Lipinski definition) is 2. The van der Waals surface area contributed by atoms with Gasteiger partial charge in [-0.1, -0.05) is 6.92 Å². The second-order valence-corrected chi connectivity index (χ2v) is 2.62. The van der Waals surface area contributed by atoms with Gasteiger partial charge in [-0.05, 0) is 6.42 Å². The lowest BCUT2D eigenvalue weighted by Gasteiger charge is -2.05. The van der Waals surface area contributed by atoms with E-state index in [-0.39, 0.29) is 5.91 Å². The van der Waals surface area contributed by atoms with Gasteiger partial charge in [-0.25, -0.2) is 9.78 Å². The highest BCUT2D eigenvalue weighted by molar-refractivity contribution is 5.88. The molecule has 5 heteroatoms. The number of rotatable bonds is 2. The van der Waals surface area contributed by atoms with E-state index in [4.69, 9.17) is 0 Å². The molecule has 0 radical (unpaired) electrons. The molecule has 0 spiro atoms. The summed E-state index contributed by atoms with van der Waals surface area (Å²) in [5, 5.41) is 2.53. The fraction of sp³-hybridized carbons (Fsp3) is 0.375. The molecule has 0 fully saturated rings. The van der Waals surface area contributed by atoms with Crippen molar-refractivity contribution in [3.63, 3.8) is 0 Å². The summed E-state index contributed by atoms with van der Waals surface area (Å²) in [6.45, 7) is 3.30. The molecule has 0 atom stereocenters. The highest BCUT2D eigenvalue weighted by Crippen LogP contribution is 2.08. The van der Waals surface area contributed by atoms with E-state index >= 15 is 0 Å². The van der Waals surface area contributed by atoms with Crippen LogP contribution in [0.1, 0.15) is 19.4 Å². The number of nitrogens with zero attached hydrogens (tertiary/aromatic N) is 1. The van der Waals surface area contributed by atoms with E-state index in [1.54, 1.807) is 0 Å². The van der Waals surface area contributed by atoms with Crippen molar-refractivity contribution >= 4 is 11.7 Å². The molecule has 0 bridgehead atoms. The van der Waals surface area contributed by atoms with Crippen LogP contribution in [0.25, 0.3) is 0 Å². The zero-order chi connectivity index (χ0) is 9.84. The molecule has 1 aromatic heterocycles. The minimum atomic E-state index is -0.457. The predicted molar refractivity (Wildman–Crippen MR) is 48.5 cm³/mol. The Kier molecular flexibility index (Phi) is 2.79. The zero-order valence-electron chi connectivity index (χ0n) is 7.55. The van der Waals surface area contributed by atoms with Crippen molar-refractivity contribution in [1.29, 1.82) is 0 Å². The molecule has 0 saturated carbocycles. The molecule has 0 saturated heterocycles. The van der Waals surface area contributed by atoms with E-state index in [2.05, 4.69) is 15.3 Å². The highest BCUT2D eigenvalue weighted by Gasteiger charge is 2.03. The second-order valence-electron chi connectivity index (χ2n) is 2.62. The first-order chi connectivity index (χ1) is 6.13. The quantitative estimate of drug-likeness (QED) is 0.688. The van der Waals surface area contributed by atoms with Gasteiger partial charge in [0.05, 0.1) is 0 Å². The number of carbonyl (C=O) groups is 1. The largest absolute Gasteiger partial charge is 0.346 e. The summed E-state index contributed by atoms with van der Waals surface area (Å²) in [6, 6.07) is 0. The van der Waals surface area contributed by atoms with Crippen molar-refractivity contribution in [2.75, 3.05) is 5.32 Å². The van der Waals surface area contributed by atoms with Crippen molar-refractivity contribution in [3.8, 4) is 0 Å². The van der Waals surface area contributed by atoms with Gasteiger partial charge in [-0.2, -0.15) is 0 Å². The minimum Gasteiger partial charge on any atom is -0.312 e. The Balaban J connectivity index is 3.08. The maximum atomic E-state index is 10.8. The molecule has 0 aliphatic rings. The maximum absolute atomic E-state index is 10.8. The number of nitrogens with one attached hydrogen (secondary N) is 2. The number of aromatic nitrogens is 2. The molecular formula is C8H11N3O2. The number of carbonyl (C=O) groups excluding carboxylic acids is 1. The van der Waals surface area contributed by atoms with Crippen LogP contribution in [0.2, 0.25) is 0 Å². The van der Waals surface area contributed by atoms with Crippen LogP contribution < -0.4 is 11.0 Å². The Bertz CT molecular complexity index is 370. The smallest absolute Gasteiger partial charge is 0.312 e.